The van der Waals surface area contributed by atoms with Gasteiger partial charge in [-0.1, -0.05) is 0 Å². The van der Waals surface area contributed by atoms with Crippen molar-refractivity contribution in [3.05, 3.63) is 0 Å². The average molecular weight is 195 g/mol. The number of nitrogens with zero attached hydrogens (tertiary/aromatic N) is 1. The van der Waals surface area contributed by atoms with E-state index >= 15 is 0 Å². The first kappa shape index (κ1) is 16.4. The van der Waals surface area contributed by atoms with Gasteiger partial charge in [0, 0.05) is 0 Å². The predicted molar refractivity (Wildman–Crippen MR) is 40.9 cm³/mol. The van der Waals surface area contributed by atoms with Gasteiger partial charge in [0.15, 0.2) is 0 Å². The van der Waals surface area contributed by atoms with Gasteiger partial charge in [-0.2, -0.15) is 0 Å². The van der Waals surface area contributed by atoms with Crippen LogP contribution in [0.15, 0.2) is 0 Å². The molecule has 0 aromatic carbocycles. The van der Waals surface area contributed by atoms with E-state index in [0.29, 0.717) is 0 Å². The minimum absolute atomic E-state index is 0. The van der Waals surface area contributed by atoms with E-state index in [-0.39, 0.29) is 24.8 Å². The van der Waals surface area contributed by atoms with Gasteiger partial charge >= 0.3 is 0 Å². The fourth-order valence-corrected chi connectivity index (χ4v) is 0.761. The second-order valence-corrected chi connectivity index (χ2v) is 3.08. The van der Waals surface area contributed by atoms with Crippen molar-refractivity contribution in [2.45, 2.75) is 0 Å². The number of hydrogen-bond donors (Lipinski definition) is 0. The Morgan fingerprint density at radius 1 is 1.22 bits per heavy atom. The zero-order valence-electron chi connectivity index (χ0n) is 6.03. The van der Waals surface area contributed by atoms with Crippen LogP contribution >= 0.6 is 24.0 Å². The van der Waals surface area contributed by atoms with Crippen molar-refractivity contribution in [2.24, 2.45) is 0 Å². The van der Waals surface area contributed by atoms with Gasteiger partial charge in [-0.05, 0) is 0 Å². The van der Waals surface area contributed by atoms with E-state index in [0.717, 1.165) is 16.9 Å². The highest BCUT2D eigenvalue weighted by atomic mass is 35.5. The zero-order chi connectivity index (χ0) is 5.91. The van der Waals surface area contributed by atoms with E-state index in [2.05, 4.69) is 21.1 Å². The number of hydrogen-bond acceptors (Lipinski definition) is 0. The molecule has 4 heteroatoms. The van der Waals surface area contributed by atoms with E-state index < -0.39 is 0 Å². The van der Waals surface area contributed by atoms with E-state index in [1.165, 1.54) is 0 Å². The van der Waals surface area contributed by atoms with Crippen LogP contribution in [-0.2, 0) is 0 Å². The molecular formula is C5H14Cl3N. The molecule has 0 spiro atoms. The molecule has 0 aromatic rings. The Labute approximate surface area is 74.8 Å². The lowest BCUT2D eigenvalue weighted by molar-refractivity contribution is -0.867. The maximum atomic E-state index is 5.47. The highest BCUT2D eigenvalue weighted by Gasteiger charge is 2.02. The minimum Gasteiger partial charge on any atom is -1.00 e. The molecule has 0 radical (unpaired) electrons. The molecule has 1 nitrogen and oxygen atoms in total. The first-order valence-corrected chi connectivity index (χ1v) is 2.96. The highest BCUT2D eigenvalue weighted by molar-refractivity contribution is 6.17. The summed E-state index contributed by atoms with van der Waals surface area (Å²) in [4.78, 5) is 0. The molecule has 0 aliphatic carbocycles. The summed E-state index contributed by atoms with van der Waals surface area (Å²) < 4.78 is 0.962. The van der Waals surface area contributed by atoms with Gasteiger partial charge in [0.25, 0.3) is 0 Å². The van der Waals surface area contributed by atoms with Gasteiger partial charge in [-0.3, -0.25) is 0 Å². The number of halogens is 3. The van der Waals surface area contributed by atoms with Crippen LogP contribution in [0.2, 0.25) is 0 Å². The molecule has 0 aliphatic heterocycles. The molecule has 0 saturated heterocycles. The molecule has 0 fully saturated rings. The zero-order valence-corrected chi connectivity index (χ0v) is 8.35. The maximum absolute atomic E-state index is 5.47. The summed E-state index contributed by atoms with van der Waals surface area (Å²) in [5.41, 5.74) is 0. The molecule has 0 heterocycles. The summed E-state index contributed by atoms with van der Waals surface area (Å²) in [6, 6.07) is 0. The molecule has 0 atom stereocenters. The van der Waals surface area contributed by atoms with Crippen molar-refractivity contribution >= 4 is 24.0 Å². The van der Waals surface area contributed by atoms with Gasteiger partial charge < -0.3 is 16.9 Å². The van der Waals surface area contributed by atoms with Crippen LogP contribution in [0.5, 0.6) is 0 Å². The lowest BCUT2D eigenvalue weighted by Gasteiger charge is -2.21. The van der Waals surface area contributed by atoms with Crippen LogP contribution in [0.1, 0.15) is 0 Å². The Morgan fingerprint density at radius 3 is 1.56 bits per heavy atom. The Morgan fingerprint density at radius 2 is 1.56 bits per heavy atom. The predicted octanol–water partition coefficient (Wildman–Crippen LogP) is -1.64. The van der Waals surface area contributed by atoms with E-state index in [9.17, 15) is 0 Å². The molecule has 0 saturated carbocycles. The van der Waals surface area contributed by atoms with Crippen LogP contribution in [0.4, 0.5) is 0 Å². The largest absolute Gasteiger partial charge is 1.00 e. The van der Waals surface area contributed by atoms with E-state index in [4.69, 9.17) is 11.6 Å². The molecule has 0 rings (SSSR count). The van der Waals surface area contributed by atoms with Crippen LogP contribution in [0.3, 0.4) is 0 Å². The van der Waals surface area contributed by atoms with Crippen LogP contribution in [0.25, 0.3) is 0 Å². The molecule has 0 amide bonds. The van der Waals surface area contributed by atoms with Gasteiger partial charge in [-0.25, -0.2) is 0 Å². The molecule has 60 valence electrons. The fraction of sp³-hybridized carbons (Fsp3) is 1.00. The van der Waals surface area contributed by atoms with E-state index in [1.54, 1.807) is 0 Å². The van der Waals surface area contributed by atoms with Crippen molar-refractivity contribution in [3.63, 3.8) is 0 Å². The van der Waals surface area contributed by atoms with Crippen molar-refractivity contribution in [1.82, 2.24) is 0 Å². The quantitative estimate of drug-likeness (QED) is 0.365. The Balaban J connectivity index is -0.000000180. The van der Waals surface area contributed by atoms with Gasteiger partial charge in [0.05, 0.1) is 33.6 Å². The molecule has 9 heavy (non-hydrogen) atoms. The van der Waals surface area contributed by atoms with Crippen molar-refractivity contribution in [3.8, 4) is 0 Å². The first-order valence-electron chi connectivity index (χ1n) is 2.43. The summed E-state index contributed by atoms with van der Waals surface area (Å²) in [5.74, 6) is 0.753. The van der Waals surface area contributed by atoms with E-state index in [1.807, 2.05) is 0 Å². The summed E-state index contributed by atoms with van der Waals surface area (Å²) in [5, 5.41) is 0. The second-order valence-electron chi connectivity index (χ2n) is 2.70. The lowest BCUT2D eigenvalue weighted by atomic mass is 10.6. The normalized spacial score (nSPS) is 9.33. The van der Waals surface area contributed by atoms with Crippen molar-refractivity contribution in [1.29, 1.82) is 0 Å². The summed E-state index contributed by atoms with van der Waals surface area (Å²) in [6.07, 6.45) is 0. The van der Waals surface area contributed by atoms with Crippen molar-refractivity contribution < 1.29 is 16.9 Å². The van der Waals surface area contributed by atoms with Crippen LogP contribution in [-0.4, -0.2) is 38.1 Å². The van der Waals surface area contributed by atoms with Crippen LogP contribution in [0, 0.1) is 0 Å². The van der Waals surface area contributed by atoms with Crippen LogP contribution < -0.4 is 12.4 Å². The monoisotopic (exact) mass is 193 g/mol. The molecule has 0 aliphatic rings. The second kappa shape index (κ2) is 6.94. The summed E-state index contributed by atoms with van der Waals surface area (Å²) >= 11 is 5.47. The summed E-state index contributed by atoms with van der Waals surface area (Å²) in [7, 11) is 6.38. The third kappa shape index (κ3) is 17.7. The highest BCUT2D eigenvalue weighted by Crippen LogP contribution is 1.88. The van der Waals surface area contributed by atoms with Gasteiger partial charge in [0.2, 0.25) is 0 Å². The Bertz CT molecular complexity index is 50.7. The molecule has 0 unspecified atom stereocenters. The SMILES string of the molecule is C[N+](C)(C)CCCl.Cl.[Cl-]. The number of rotatable bonds is 2. The molecular weight excluding hydrogens is 180 g/mol. The topological polar surface area (TPSA) is 0 Å². The number of alkyl halides is 1. The summed E-state index contributed by atoms with van der Waals surface area (Å²) in [6.45, 7) is 1.04. The lowest BCUT2D eigenvalue weighted by Crippen LogP contribution is -3.00. The van der Waals surface area contributed by atoms with Gasteiger partial charge in [-0.15, -0.1) is 24.0 Å². The molecule has 0 aromatic heterocycles. The smallest absolute Gasteiger partial charge is 0.0918 e. The molecule has 0 N–H and O–H groups in total. The standard InChI is InChI=1S/C5H13ClN.2ClH/c1-7(2,3)5-4-6;;/h4-5H2,1-3H3;2*1H/q+1;;/p-1. The first-order chi connectivity index (χ1) is 3.06. The Hall–Kier alpha value is 0.830. The third-order valence-electron chi connectivity index (χ3n) is 0.755. The van der Waals surface area contributed by atoms with Crippen molar-refractivity contribution in [2.75, 3.05) is 33.6 Å². The van der Waals surface area contributed by atoms with Gasteiger partial charge in [0.1, 0.15) is 0 Å². The minimum atomic E-state index is 0. The average Bonchev–Trinajstić information content (AvgIpc) is 1.30. The maximum Gasteiger partial charge on any atom is 0.0918 e. The third-order valence-corrected chi connectivity index (χ3v) is 0.924. The fourth-order valence-electron chi connectivity index (χ4n) is 0.254. The Kier molecular flexibility index (Phi) is 12.7. The number of quaternary nitrogens is 1. The molecule has 0 bridgehead atoms.